The molecule has 0 spiro atoms. The molecule has 0 saturated carbocycles. The molecular formula is C15H33IN4O. The molecule has 0 aromatic carbocycles. The van der Waals surface area contributed by atoms with E-state index in [0.29, 0.717) is 0 Å². The smallest absolute Gasteiger partial charge is 0.190 e. The van der Waals surface area contributed by atoms with Gasteiger partial charge in [-0.25, -0.2) is 0 Å². The van der Waals surface area contributed by atoms with Gasteiger partial charge >= 0.3 is 0 Å². The third kappa shape index (κ3) is 11.2. The predicted octanol–water partition coefficient (Wildman–Crippen LogP) is 2.07. The lowest BCUT2D eigenvalue weighted by Gasteiger charge is -2.26. The van der Waals surface area contributed by atoms with E-state index < -0.39 is 0 Å². The summed E-state index contributed by atoms with van der Waals surface area (Å²) in [4.78, 5) is 6.73. The number of aliphatic imine (C=N–C) groups is 1. The van der Waals surface area contributed by atoms with E-state index in [2.05, 4.69) is 27.4 Å². The van der Waals surface area contributed by atoms with Crippen molar-refractivity contribution in [1.82, 2.24) is 15.5 Å². The summed E-state index contributed by atoms with van der Waals surface area (Å²) in [6.07, 6.45) is 6.18. The molecule has 0 atom stereocenters. The van der Waals surface area contributed by atoms with Crippen LogP contribution in [0.15, 0.2) is 4.99 Å². The van der Waals surface area contributed by atoms with Crippen molar-refractivity contribution in [2.24, 2.45) is 4.99 Å². The van der Waals surface area contributed by atoms with Gasteiger partial charge in [0.05, 0.1) is 13.2 Å². The molecule has 1 aliphatic rings. The molecule has 1 heterocycles. The number of guanidine groups is 1. The summed E-state index contributed by atoms with van der Waals surface area (Å²) in [5, 5.41) is 6.74. The molecule has 126 valence electrons. The number of halogens is 1. The molecule has 0 amide bonds. The highest BCUT2D eigenvalue weighted by molar-refractivity contribution is 14.0. The second-order valence-electron chi connectivity index (χ2n) is 5.29. The van der Waals surface area contributed by atoms with E-state index in [1.54, 1.807) is 0 Å². The van der Waals surface area contributed by atoms with Crippen LogP contribution in [0.4, 0.5) is 0 Å². The molecule has 21 heavy (non-hydrogen) atoms. The maximum atomic E-state index is 5.35. The summed E-state index contributed by atoms with van der Waals surface area (Å²) >= 11 is 0. The molecular weight excluding hydrogens is 379 g/mol. The lowest BCUT2D eigenvalue weighted by Crippen LogP contribution is -2.39. The Kier molecular flexibility index (Phi) is 14.8. The maximum absolute atomic E-state index is 5.35. The summed E-state index contributed by atoms with van der Waals surface area (Å²) in [5.74, 6) is 0.937. The van der Waals surface area contributed by atoms with Gasteiger partial charge in [0.2, 0.25) is 0 Å². The van der Waals surface area contributed by atoms with E-state index in [-0.39, 0.29) is 24.0 Å². The minimum atomic E-state index is 0. The fourth-order valence-corrected chi connectivity index (χ4v) is 2.29. The van der Waals surface area contributed by atoms with Crippen LogP contribution in [-0.2, 0) is 4.74 Å². The molecule has 1 rings (SSSR count). The summed E-state index contributed by atoms with van der Waals surface area (Å²) in [7, 11) is 1.84. The van der Waals surface area contributed by atoms with E-state index in [1.165, 1.54) is 38.6 Å². The molecule has 5 nitrogen and oxygen atoms in total. The molecule has 0 aromatic heterocycles. The van der Waals surface area contributed by atoms with Gasteiger partial charge in [-0.15, -0.1) is 24.0 Å². The van der Waals surface area contributed by atoms with Crippen molar-refractivity contribution < 1.29 is 4.74 Å². The number of nitrogens with one attached hydrogen (secondary N) is 2. The first kappa shape index (κ1) is 20.9. The topological polar surface area (TPSA) is 48.9 Å². The van der Waals surface area contributed by atoms with Gasteiger partial charge in [0.25, 0.3) is 0 Å². The summed E-state index contributed by atoms with van der Waals surface area (Å²) in [6.45, 7) is 9.40. The van der Waals surface area contributed by atoms with Crippen molar-refractivity contribution in [2.45, 2.75) is 39.0 Å². The Labute approximate surface area is 147 Å². The van der Waals surface area contributed by atoms with Crippen LogP contribution in [0.3, 0.4) is 0 Å². The minimum absolute atomic E-state index is 0. The molecule has 0 bridgehead atoms. The van der Waals surface area contributed by atoms with Crippen LogP contribution in [0.5, 0.6) is 0 Å². The first-order valence-corrected chi connectivity index (χ1v) is 8.11. The Morgan fingerprint density at radius 1 is 1.05 bits per heavy atom. The van der Waals surface area contributed by atoms with E-state index in [0.717, 1.165) is 45.4 Å². The van der Waals surface area contributed by atoms with Crippen molar-refractivity contribution in [1.29, 1.82) is 0 Å². The Morgan fingerprint density at radius 3 is 2.24 bits per heavy atom. The fourth-order valence-electron chi connectivity index (χ4n) is 2.29. The maximum Gasteiger partial charge on any atom is 0.190 e. The highest BCUT2D eigenvalue weighted by Crippen LogP contribution is 1.99. The van der Waals surface area contributed by atoms with E-state index >= 15 is 0 Å². The second kappa shape index (κ2) is 14.8. The van der Waals surface area contributed by atoms with E-state index in [4.69, 9.17) is 4.74 Å². The molecule has 0 aliphatic carbocycles. The van der Waals surface area contributed by atoms with Crippen LogP contribution in [0.25, 0.3) is 0 Å². The zero-order valence-corrected chi connectivity index (χ0v) is 16.0. The van der Waals surface area contributed by atoms with Crippen LogP contribution in [-0.4, -0.2) is 63.8 Å². The van der Waals surface area contributed by atoms with Crippen LogP contribution >= 0.6 is 24.0 Å². The molecule has 1 saturated heterocycles. The number of nitrogens with zero attached hydrogens (tertiary/aromatic N) is 2. The van der Waals surface area contributed by atoms with Gasteiger partial charge < -0.3 is 15.4 Å². The quantitative estimate of drug-likeness (QED) is 0.264. The molecule has 6 heteroatoms. The van der Waals surface area contributed by atoms with Gasteiger partial charge in [0, 0.05) is 33.2 Å². The Balaban J connectivity index is 0.00000400. The molecule has 0 unspecified atom stereocenters. The largest absolute Gasteiger partial charge is 0.379 e. The minimum Gasteiger partial charge on any atom is -0.379 e. The molecule has 0 radical (unpaired) electrons. The zero-order chi connectivity index (χ0) is 14.5. The first-order valence-electron chi connectivity index (χ1n) is 8.11. The van der Waals surface area contributed by atoms with Crippen LogP contribution < -0.4 is 10.6 Å². The Morgan fingerprint density at radius 2 is 1.67 bits per heavy atom. The molecule has 0 aromatic rings. The first-order chi connectivity index (χ1) is 9.86. The van der Waals surface area contributed by atoms with E-state index in [9.17, 15) is 0 Å². The zero-order valence-electron chi connectivity index (χ0n) is 13.7. The highest BCUT2D eigenvalue weighted by Gasteiger charge is 2.08. The second-order valence-corrected chi connectivity index (χ2v) is 5.29. The summed E-state index contributed by atoms with van der Waals surface area (Å²) in [6, 6.07) is 0. The molecule has 1 aliphatic heterocycles. The third-order valence-electron chi connectivity index (χ3n) is 3.59. The SMILES string of the molecule is CCCCCNC(=NC)NCCCCN1CCOCC1.I. The average molecular weight is 412 g/mol. The lowest BCUT2D eigenvalue weighted by molar-refractivity contribution is 0.0372. The van der Waals surface area contributed by atoms with Gasteiger partial charge in [0.15, 0.2) is 5.96 Å². The number of rotatable bonds is 9. The van der Waals surface area contributed by atoms with Crippen molar-refractivity contribution in [3.05, 3.63) is 0 Å². The molecule has 2 N–H and O–H groups in total. The monoisotopic (exact) mass is 412 g/mol. The van der Waals surface area contributed by atoms with Gasteiger partial charge in [-0.05, 0) is 25.8 Å². The molecule has 1 fully saturated rings. The average Bonchev–Trinajstić information content (AvgIpc) is 2.50. The number of hydrogen-bond acceptors (Lipinski definition) is 3. The van der Waals surface area contributed by atoms with Crippen LogP contribution in [0.1, 0.15) is 39.0 Å². The Bertz CT molecular complexity index is 258. The standard InChI is InChI=1S/C15H32N4O.HI/c1-3-4-5-8-17-15(16-2)18-9-6-7-10-19-11-13-20-14-12-19;/h3-14H2,1-2H3,(H2,16,17,18);1H. The normalized spacial score (nSPS) is 16.4. The highest BCUT2D eigenvalue weighted by atomic mass is 127. The van der Waals surface area contributed by atoms with Crippen LogP contribution in [0.2, 0.25) is 0 Å². The lowest BCUT2D eigenvalue weighted by atomic mass is 10.2. The fraction of sp³-hybridized carbons (Fsp3) is 0.933. The number of morpholine rings is 1. The van der Waals surface area contributed by atoms with Crippen molar-refractivity contribution in [3.63, 3.8) is 0 Å². The van der Waals surface area contributed by atoms with Crippen molar-refractivity contribution in [3.8, 4) is 0 Å². The van der Waals surface area contributed by atoms with Gasteiger partial charge in [-0.2, -0.15) is 0 Å². The number of hydrogen-bond donors (Lipinski definition) is 2. The van der Waals surface area contributed by atoms with Crippen LogP contribution in [0, 0.1) is 0 Å². The van der Waals surface area contributed by atoms with Gasteiger partial charge in [-0.1, -0.05) is 19.8 Å². The number of unbranched alkanes of at least 4 members (excludes halogenated alkanes) is 3. The summed E-state index contributed by atoms with van der Waals surface area (Å²) in [5.41, 5.74) is 0. The van der Waals surface area contributed by atoms with E-state index in [1.807, 2.05) is 7.05 Å². The van der Waals surface area contributed by atoms with Gasteiger partial charge in [0.1, 0.15) is 0 Å². The van der Waals surface area contributed by atoms with Crippen molar-refractivity contribution in [2.75, 3.05) is 53.0 Å². The van der Waals surface area contributed by atoms with Gasteiger partial charge in [-0.3, -0.25) is 9.89 Å². The Hall–Kier alpha value is -0.0800. The predicted molar refractivity (Wildman–Crippen MR) is 101 cm³/mol. The number of ether oxygens (including phenoxy) is 1. The summed E-state index contributed by atoms with van der Waals surface area (Å²) < 4.78 is 5.35. The third-order valence-corrected chi connectivity index (χ3v) is 3.59. The van der Waals surface area contributed by atoms with Crippen molar-refractivity contribution >= 4 is 29.9 Å².